The molecule has 0 spiro atoms. The molecular formula is C18H29FN2. The zero-order valence-electron chi connectivity index (χ0n) is 13.4. The van der Waals surface area contributed by atoms with E-state index in [0.717, 1.165) is 32.0 Å². The molecule has 0 radical (unpaired) electrons. The molecule has 1 aromatic rings. The van der Waals surface area contributed by atoms with Crippen LogP contribution in [0.4, 0.5) is 4.39 Å². The van der Waals surface area contributed by atoms with Gasteiger partial charge in [-0.1, -0.05) is 26.0 Å². The summed E-state index contributed by atoms with van der Waals surface area (Å²) in [6, 6.07) is 8.14. The molecule has 0 aliphatic heterocycles. The second kappa shape index (κ2) is 8.50. The van der Waals surface area contributed by atoms with Crippen molar-refractivity contribution in [3.63, 3.8) is 0 Å². The van der Waals surface area contributed by atoms with Crippen molar-refractivity contribution in [3.05, 3.63) is 35.6 Å². The maximum Gasteiger partial charge on any atom is 0.123 e. The van der Waals surface area contributed by atoms with E-state index in [1.165, 1.54) is 31.4 Å². The van der Waals surface area contributed by atoms with Crippen molar-refractivity contribution < 1.29 is 4.39 Å². The van der Waals surface area contributed by atoms with Crippen molar-refractivity contribution in [3.8, 4) is 0 Å². The number of hydrogen-bond donors (Lipinski definition) is 1. The molecule has 1 atom stereocenters. The number of hydrogen-bond acceptors (Lipinski definition) is 2. The Morgan fingerprint density at radius 3 is 2.43 bits per heavy atom. The van der Waals surface area contributed by atoms with Gasteiger partial charge in [-0.05, 0) is 62.9 Å². The van der Waals surface area contributed by atoms with Crippen LogP contribution in [0.15, 0.2) is 24.3 Å². The fraction of sp³-hybridized carbons (Fsp3) is 0.667. The minimum absolute atomic E-state index is 0.154. The van der Waals surface area contributed by atoms with Gasteiger partial charge in [0, 0.05) is 18.6 Å². The Labute approximate surface area is 128 Å². The first-order valence-electron chi connectivity index (χ1n) is 8.47. The molecule has 1 aromatic carbocycles. The molecule has 0 heterocycles. The van der Waals surface area contributed by atoms with E-state index in [1.54, 1.807) is 12.1 Å². The van der Waals surface area contributed by atoms with Crippen LogP contribution in [0.2, 0.25) is 0 Å². The third kappa shape index (κ3) is 5.40. The summed E-state index contributed by atoms with van der Waals surface area (Å²) < 4.78 is 13.1. The standard InChI is InChI=1S/C18H29FN2/c1-3-12-20-18(15-5-7-16(19)8-6-15)11-14-21(13-4-2)17-9-10-17/h5-8,17-18,20H,3-4,9-14H2,1-2H3. The van der Waals surface area contributed by atoms with E-state index in [1.807, 2.05) is 12.1 Å². The average Bonchev–Trinajstić information content (AvgIpc) is 3.32. The second-order valence-corrected chi connectivity index (χ2v) is 6.11. The summed E-state index contributed by atoms with van der Waals surface area (Å²) in [6.45, 7) is 7.79. The van der Waals surface area contributed by atoms with Gasteiger partial charge in [0.15, 0.2) is 0 Å². The fourth-order valence-corrected chi connectivity index (χ4v) is 2.90. The van der Waals surface area contributed by atoms with Crippen LogP contribution in [0.5, 0.6) is 0 Å². The number of halogens is 1. The summed E-state index contributed by atoms with van der Waals surface area (Å²) in [7, 11) is 0. The molecule has 1 saturated carbocycles. The quantitative estimate of drug-likeness (QED) is 0.697. The Balaban J connectivity index is 1.93. The summed E-state index contributed by atoms with van der Waals surface area (Å²) in [5.41, 5.74) is 1.21. The van der Waals surface area contributed by atoms with Crippen molar-refractivity contribution in [1.29, 1.82) is 0 Å². The molecular weight excluding hydrogens is 263 g/mol. The van der Waals surface area contributed by atoms with Crippen LogP contribution < -0.4 is 5.32 Å². The minimum atomic E-state index is -0.154. The van der Waals surface area contributed by atoms with Crippen LogP contribution in [0.1, 0.15) is 57.6 Å². The molecule has 0 aromatic heterocycles. The lowest BCUT2D eigenvalue weighted by Gasteiger charge is -2.25. The molecule has 2 rings (SSSR count). The van der Waals surface area contributed by atoms with Crippen molar-refractivity contribution in [1.82, 2.24) is 10.2 Å². The summed E-state index contributed by atoms with van der Waals surface area (Å²) in [4.78, 5) is 2.63. The van der Waals surface area contributed by atoms with Gasteiger partial charge in [0.1, 0.15) is 5.82 Å². The maximum absolute atomic E-state index is 13.1. The van der Waals surface area contributed by atoms with Gasteiger partial charge in [0.25, 0.3) is 0 Å². The Kier molecular flexibility index (Phi) is 6.65. The third-order valence-electron chi connectivity index (χ3n) is 4.19. The Morgan fingerprint density at radius 1 is 1.14 bits per heavy atom. The van der Waals surface area contributed by atoms with Gasteiger partial charge >= 0.3 is 0 Å². The second-order valence-electron chi connectivity index (χ2n) is 6.11. The highest BCUT2D eigenvalue weighted by atomic mass is 19.1. The normalized spacial score (nSPS) is 16.4. The van der Waals surface area contributed by atoms with Gasteiger partial charge in [-0.25, -0.2) is 4.39 Å². The van der Waals surface area contributed by atoms with Crippen molar-refractivity contribution in [2.75, 3.05) is 19.6 Å². The average molecular weight is 292 g/mol. The predicted octanol–water partition coefficient (Wildman–Crippen LogP) is 4.13. The van der Waals surface area contributed by atoms with Crippen LogP contribution in [-0.4, -0.2) is 30.6 Å². The number of rotatable bonds is 10. The summed E-state index contributed by atoms with van der Waals surface area (Å²) in [5.74, 6) is -0.154. The lowest BCUT2D eigenvalue weighted by Crippen LogP contribution is -2.32. The Morgan fingerprint density at radius 2 is 1.86 bits per heavy atom. The first-order chi connectivity index (χ1) is 10.2. The molecule has 2 nitrogen and oxygen atoms in total. The van der Waals surface area contributed by atoms with Crippen LogP contribution in [0, 0.1) is 5.82 Å². The first kappa shape index (κ1) is 16.4. The molecule has 3 heteroatoms. The number of benzene rings is 1. The highest BCUT2D eigenvalue weighted by molar-refractivity contribution is 5.20. The van der Waals surface area contributed by atoms with Gasteiger partial charge in [-0.3, -0.25) is 0 Å². The molecule has 118 valence electrons. The smallest absolute Gasteiger partial charge is 0.123 e. The molecule has 1 fully saturated rings. The summed E-state index contributed by atoms with van der Waals surface area (Å²) in [6.07, 6.45) is 6.18. The predicted molar refractivity (Wildman–Crippen MR) is 86.9 cm³/mol. The van der Waals surface area contributed by atoms with Crippen molar-refractivity contribution in [2.45, 2.75) is 58.0 Å². The highest BCUT2D eigenvalue weighted by Crippen LogP contribution is 2.28. The van der Waals surface area contributed by atoms with E-state index in [4.69, 9.17) is 0 Å². The molecule has 0 amide bonds. The molecule has 1 aliphatic carbocycles. The monoisotopic (exact) mass is 292 g/mol. The Bertz CT molecular complexity index is 400. The van der Waals surface area contributed by atoms with E-state index in [2.05, 4.69) is 24.1 Å². The lowest BCUT2D eigenvalue weighted by atomic mass is 10.0. The van der Waals surface area contributed by atoms with Crippen LogP contribution in [0.25, 0.3) is 0 Å². The molecule has 0 saturated heterocycles. The Hall–Kier alpha value is -0.930. The topological polar surface area (TPSA) is 15.3 Å². The highest BCUT2D eigenvalue weighted by Gasteiger charge is 2.28. The molecule has 1 unspecified atom stereocenters. The van der Waals surface area contributed by atoms with E-state index in [9.17, 15) is 4.39 Å². The molecule has 1 N–H and O–H groups in total. The number of nitrogens with zero attached hydrogens (tertiary/aromatic N) is 1. The number of nitrogens with one attached hydrogen (secondary N) is 1. The van der Waals surface area contributed by atoms with E-state index < -0.39 is 0 Å². The zero-order valence-corrected chi connectivity index (χ0v) is 13.4. The van der Waals surface area contributed by atoms with Crippen LogP contribution >= 0.6 is 0 Å². The molecule has 1 aliphatic rings. The molecule has 0 bridgehead atoms. The van der Waals surface area contributed by atoms with Crippen molar-refractivity contribution in [2.24, 2.45) is 0 Å². The van der Waals surface area contributed by atoms with E-state index in [-0.39, 0.29) is 5.82 Å². The first-order valence-corrected chi connectivity index (χ1v) is 8.47. The summed E-state index contributed by atoms with van der Waals surface area (Å²) in [5, 5.41) is 3.61. The lowest BCUT2D eigenvalue weighted by molar-refractivity contribution is 0.247. The summed E-state index contributed by atoms with van der Waals surface area (Å²) >= 11 is 0. The SMILES string of the molecule is CCCNC(CCN(CCC)C1CC1)c1ccc(F)cc1. The van der Waals surface area contributed by atoms with Gasteiger partial charge in [0.2, 0.25) is 0 Å². The van der Waals surface area contributed by atoms with Gasteiger partial charge in [-0.15, -0.1) is 0 Å². The van der Waals surface area contributed by atoms with Crippen LogP contribution in [0.3, 0.4) is 0 Å². The van der Waals surface area contributed by atoms with Gasteiger partial charge in [0.05, 0.1) is 0 Å². The van der Waals surface area contributed by atoms with Crippen LogP contribution in [-0.2, 0) is 0 Å². The fourth-order valence-electron chi connectivity index (χ4n) is 2.90. The van der Waals surface area contributed by atoms with E-state index >= 15 is 0 Å². The third-order valence-corrected chi connectivity index (χ3v) is 4.19. The van der Waals surface area contributed by atoms with Crippen molar-refractivity contribution >= 4 is 0 Å². The maximum atomic E-state index is 13.1. The largest absolute Gasteiger partial charge is 0.310 e. The van der Waals surface area contributed by atoms with Gasteiger partial charge < -0.3 is 10.2 Å². The van der Waals surface area contributed by atoms with E-state index in [0.29, 0.717) is 6.04 Å². The molecule has 21 heavy (non-hydrogen) atoms. The van der Waals surface area contributed by atoms with Gasteiger partial charge in [-0.2, -0.15) is 0 Å². The minimum Gasteiger partial charge on any atom is -0.310 e. The zero-order chi connectivity index (χ0) is 15.1.